The lowest BCUT2D eigenvalue weighted by atomic mass is 9.70. The van der Waals surface area contributed by atoms with E-state index in [-0.39, 0.29) is 0 Å². The van der Waals surface area contributed by atoms with E-state index in [1.54, 1.807) is 0 Å². The molecule has 2 aliphatic rings. The smallest absolute Gasteiger partial charge is 0.143 e. The first-order chi connectivity index (χ1) is 34.2. The zero-order valence-corrected chi connectivity index (χ0v) is 37.5. The van der Waals surface area contributed by atoms with E-state index < -0.39 is 5.41 Å². The fourth-order valence-corrected chi connectivity index (χ4v) is 12.3. The molecule has 0 aliphatic heterocycles. The Labute approximate surface area is 399 Å². The van der Waals surface area contributed by atoms with E-state index in [4.69, 9.17) is 4.42 Å². The van der Waals surface area contributed by atoms with Gasteiger partial charge in [0, 0.05) is 33.1 Å². The highest BCUT2D eigenvalue weighted by molar-refractivity contribution is 6.16. The zero-order valence-electron chi connectivity index (χ0n) is 37.5. The van der Waals surface area contributed by atoms with Crippen LogP contribution in [-0.4, -0.2) is 0 Å². The Balaban J connectivity index is 0.951. The zero-order chi connectivity index (χ0) is 45.2. The minimum absolute atomic E-state index is 0.472. The molecule has 320 valence electrons. The summed E-state index contributed by atoms with van der Waals surface area (Å²) in [4.78, 5) is 2.48. The molecule has 1 aromatic heterocycles. The van der Waals surface area contributed by atoms with Gasteiger partial charge in [0.1, 0.15) is 11.2 Å². The van der Waals surface area contributed by atoms with Crippen LogP contribution in [-0.2, 0) is 5.41 Å². The van der Waals surface area contributed by atoms with Crippen molar-refractivity contribution in [3.05, 3.63) is 271 Å². The van der Waals surface area contributed by atoms with Crippen LogP contribution in [0.4, 0.5) is 17.1 Å². The number of benzene rings is 12. The second-order valence-electron chi connectivity index (χ2n) is 18.7. The molecule has 2 aliphatic carbocycles. The van der Waals surface area contributed by atoms with Crippen molar-refractivity contribution >= 4 is 71.3 Å². The maximum absolute atomic E-state index is 6.62. The van der Waals surface area contributed by atoms with Gasteiger partial charge in [-0.3, -0.25) is 0 Å². The summed E-state index contributed by atoms with van der Waals surface area (Å²) in [5, 5.41) is 9.58. The Morgan fingerprint density at radius 3 is 1.55 bits per heavy atom. The summed E-state index contributed by atoms with van der Waals surface area (Å²) < 4.78 is 6.62. The van der Waals surface area contributed by atoms with Crippen LogP contribution in [0.25, 0.3) is 98.8 Å². The average Bonchev–Trinajstić information content (AvgIpc) is 4.05. The van der Waals surface area contributed by atoms with Crippen molar-refractivity contribution in [2.24, 2.45) is 0 Å². The van der Waals surface area contributed by atoms with E-state index in [9.17, 15) is 0 Å². The molecule has 12 aromatic carbocycles. The highest BCUT2D eigenvalue weighted by atomic mass is 16.3. The summed E-state index contributed by atoms with van der Waals surface area (Å²) >= 11 is 0. The summed E-state index contributed by atoms with van der Waals surface area (Å²) in [5.41, 5.74) is 19.8. The molecular weight excluding hydrogens is 835 g/mol. The van der Waals surface area contributed by atoms with Gasteiger partial charge in [-0.2, -0.15) is 0 Å². The lowest BCUT2D eigenvalue weighted by Gasteiger charge is -2.32. The standard InChI is InChI=1S/C67H41NO/c1-3-16-48-42(14-1)30-36-53-49(22-13-23-52(48)53)44-28-33-46(34-29-44)68(64-27-12-8-17-50(64)45-32-39-65-59(40-45)58-37-31-43-15-2-4-18-51(43)66(58)69-65)47-35-38-57-56-21-7-11-26-62(56)67(63(57)41-47)60-24-9-5-19-54(60)55-20-6-10-25-61(55)67/h1-41H. The third-order valence-corrected chi connectivity index (χ3v) is 15.3. The molecule has 0 saturated heterocycles. The first-order valence-electron chi connectivity index (χ1n) is 23.9. The van der Waals surface area contributed by atoms with Crippen LogP contribution in [0.15, 0.2) is 253 Å². The molecule has 2 heteroatoms. The molecule has 0 fully saturated rings. The van der Waals surface area contributed by atoms with E-state index in [1.807, 2.05) is 0 Å². The van der Waals surface area contributed by atoms with Gasteiger partial charge in [0.15, 0.2) is 0 Å². The summed E-state index contributed by atoms with van der Waals surface area (Å²) in [6, 6.07) is 92.0. The molecule has 0 N–H and O–H groups in total. The average molecular weight is 876 g/mol. The lowest BCUT2D eigenvalue weighted by Crippen LogP contribution is -2.26. The molecule has 15 rings (SSSR count). The first kappa shape index (κ1) is 38.2. The van der Waals surface area contributed by atoms with Crippen molar-refractivity contribution in [3.63, 3.8) is 0 Å². The van der Waals surface area contributed by atoms with Crippen molar-refractivity contribution < 1.29 is 4.42 Å². The maximum atomic E-state index is 6.62. The minimum Gasteiger partial charge on any atom is -0.455 e. The van der Waals surface area contributed by atoms with E-state index in [0.717, 1.165) is 55.5 Å². The quantitative estimate of drug-likeness (QED) is 0.160. The fourth-order valence-electron chi connectivity index (χ4n) is 12.3. The predicted octanol–water partition coefficient (Wildman–Crippen LogP) is 18.2. The van der Waals surface area contributed by atoms with Gasteiger partial charge in [0.05, 0.1) is 11.1 Å². The van der Waals surface area contributed by atoms with Gasteiger partial charge in [-0.05, 0) is 137 Å². The number of hydrogen-bond donors (Lipinski definition) is 0. The lowest BCUT2D eigenvalue weighted by molar-refractivity contribution is 0.672. The van der Waals surface area contributed by atoms with Gasteiger partial charge in [0.2, 0.25) is 0 Å². The van der Waals surface area contributed by atoms with Crippen molar-refractivity contribution in [1.29, 1.82) is 0 Å². The van der Waals surface area contributed by atoms with Crippen molar-refractivity contribution in [1.82, 2.24) is 0 Å². The van der Waals surface area contributed by atoms with Gasteiger partial charge in [-0.1, -0.05) is 200 Å². The summed E-state index contributed by atoms with van der Waals surface area (Å²) in [6.45, 7) is 0. The van der Waals surface area contributed by atoms with Gasteiger partial charge in [-0.25, -0.2) is 0 Å². The number of anilines is 3. The molecule has 69 heavy (non-hydrogen) atoms. The van der Waals surface area contributed by atoms with E-state index in [0.29, 0.717) is 0 Å². The van der Waals surface area contributed by atoms with Gasteiger partial charge in [-0.15, -0.1) is 0 Å². The molecule has 1 heterocycles. The van der Waals surface area contributed by atoms with Gasteiger partial charge >= 0.3 is 0 Å². The Morgan fingerprint density at radius 1 is 0.290 bits per heavy atom. The van der Waals surface area contributed by atoms with E-state index in [2.05, 4.69) is 254 Å². The molecule has 0 radical (unpaired) electrons. The molecule has 0 unspecified atom stereocenters. The molecule has 13 aromatic rings. The van der Waals surface area contributed by atoms with Crippen LogP contribution < -0.4 is 4.90 Å². The maximum Gasteiger partial charge on any atom is 0.143 e. The Morgan fingerprint density at radius 2 is 0.826 bits per heavy atom. The van der Waals surface area contributed by atoms with Gasteiger partial charge < -0.3 is 9.32 Å². The second kappa shape index (κ2) is 14.5. The number of fused-ring (bicyclic) bond motifs is 18. The highest BCUT2D eigenvalue weighted by Gasteiger charge is 2.51. The van der Waals surface area contributed by atoms with Crippen LogP contribution >= 0.6 is 0 Å². The fraction of sp³-hybridized carbons (Fsp3) is 0.0149. The number of furan rings is 1. The number of para-hydroxylation sites is 1. The first-order valence-corrected chi connectivity index (χ1v) is 23.9. The molecule has 0 bridgehead atoms. The molecule has 0 saturated carbocycles. The molecule has 2 nitrogen and oxygen atoms in total. The SMILES string of the molecule is c1ccc(N(c2ccc(-c3cccc4c3ccc3ccccc34)cc2)c2ccc3c(c2)C2(c4ccccc4-c4ccccc42)c2ccccc2-3)c(-c2ccc3oc4c5ccccc5ccc4c3c2)c1. The van der Waals surface area contributed by atoms with Crippen molar-refractivity contribution in [2.75, 3.05) is 4.90 Å². The number of nitrogens with zero attached hydrogens (tertiary/aromatic N) is 1. The summed E-state index contributed by atoms with van der Waals surface area (Å²) in [7, 11) is 0. The van der Waals surface area contributed by atoms with Crippen LogP contribution in [0.1, 0.15) is 22.3 Å². The molecule has 1 spiro atoms. The minimum atomic E-state index is -0.472. The van der Waals surface area contributed by atoms with Crippen molar-refractivity contribution in [2.45, 2.75) is 5.41 Å². The largest absolute Gasteiger partial charge is 0.455 e. The topological polar surface area (TPSA) is 16.4 Å². The Kier molecular flexibility index (Phi) is 8.02. The monoisotopic (exact) mass is 875 g/mol. The predicted molar refractivity (Wildman–Crippen MR) is 288 cm³/mol. The van der Waals surface area contributed by atoms with Crippen molar-refractivity contribution in [3.8, 4) is 44.5 Å². The summed E-state index contributed by atoms with van der Waals surface area (Å²) in [6.07, 6.45) is 0. The third-order valence-electron chi connectivity index (χ3n) is 15.3. The molecule has 0 atom stereocenters. The Bertz CT molecular complexity index is 4210. The molecular formula is C67H41NO. The summed E-state index contributed by atoms with van der Waals surface area (Å²) in [5.74, 6) is 0. The molecule has 0 amide bonds. The van der Waals surface area contributed by atoms with E-state index in [1.165, 1.54) is 82.6 Å². The number of hydrogen-bond acceptors (Lipinski definition) is 2. The highest BCUT2D eigenvalue weighted by Crippen LogP contribution is 2.63. The van der Waals surface area contributed by atoms with Crippen LogP contribution in [0, 0.1) is 0 Å². The Hall–Kier alpha value is -8.98. The van der Waals surface area contributed by atoms with E-state index >= 15 is 0 Å². The second-order valence-corrected chi connectivity index (χ2v) is 18.7. The third kappa shape index (κ3) is 5.37. The van der Waals surface area contributed by atoms with Crippen LogP contribution in [0.2, 0.25) is 0 Å². The van der Waals surface area contributed by atoms with Crippen LogP contribution in [0.5, 0.6) is 0 Å². The van der Waals surface area contributed by atoms with Gasteiger partial charge in [0.25, 0.3) is 0 Å². The van der Waals surface area contributed by atoms with Crippen LogP contribution in [0.3, 0.4) is 0 Å². The number of rotatable bonds is 5. The normalized spacial score (nSPS) is 13.0.